The van der Waals surface area contributed by atoms with Gasteiger partial charge in [-0.2, -0.15) is 0 Å². The van der Waals surface area contributed by atoms with Crippen LogP contribution in [0.3, 0.4) is 0 Å². The average molecular weight is 392 g/mol. The Morgan fingerprint density at radius 1 is 1.19 bits per heavy atom. The van der Waals surface area contributed by atoms with Gasteiger partial charge in [0.15, 0.2) is 12.2 Å². The van der Waals surface area contributed by atoms with Gasteiger partial charge in [0.1, 0.15) is 5.84 Å². The number of nitrogens with one attached hydrogen (secondary N) is 1. The molecule has 1 N–H and O–H groups in total. The van der Waals surface area contributed by atoms with Crippen molar-refractivity contribution in [3.63, 3.8) is 0 Å². The van der Waals surface area contributed by atoms with Gasteiger partial charge in [-0.15, -0.1) is 0 Å². The summed E-state index contributed by atoms with van der Waals surface area (Å²) in [5, 5.41) is 3.10. The zero-order valence-electron chi connectivity index (χ0n) is 15.1. The molecule has 1 aromatic rings. The number of aliphatic imine (C=N–C) groups is 1. The van der Waals surface area contributed by atoms with Gasteiger partial charge < -0.3 is 14.5 Å². The third-order valence-corrected chi connectivity index (χ3v) is 5.43. The maximum atomic E-state index is 12.6. The highest BCUT2D eigenvalue weighted by molar-refractivity contribution is 6.30. The molecule has 3 heterocycles. The van der Waals surface area contributed by atoms with Crippen LogP contribution in [0, 0.1) is 0 Å². The monoisotopic (exact) mass is 391 g/mol. The highest BCUT2D eigenvalue weighted by atomic mass is 35.5. The molecule has 0 bridgehead atoms. The average Bonchev–Trinajstić information content (AvgIpc) is 3.01. The van der Waals surface area contributed by atoms with Crippen molar-refractivity contribution in [1.82, 2.24) is 20.0 Å². The number of imide groups is 1. The standard InChI is InChI=1S/C18H22ClN5O3/c1-22-16-15(17(25)21-18(22)26)24(10-12-2-4-13(19)5-3-12)14(20-16)11-23-6-8-27-9-7-23/h2-5,15-16H,6-11H2,1H3,(H,21,25,26). The summed E-state index contributed by atoms with van der Waals surface area (Å²) in [5.74, 6) is 0.511. The second kappa shape index (κ2) is 7.46. The van der Waals surface area contributed by atoms with Crippen LogP contribution in [0.5, 0.6) is 0 Å². The second-order valence-corrected chi connectivity index (χ2v) is 7.39. The lowest BCUT2D eigenvalue weighted by molar-refractivity contribution is -0.127. The maximum Gasteiger partial charge on any atom is 0.325 e. The van der Waals surface area contributed by atoms with Crippen LogP contribution in [0.2, 0.25) is 5.02 Å². The highest BCUT2D eigenvalue weighted by Gasteiger charge is 2.48. The maximum absolute atomic E-state index is 12.6. The summed E-state index contributed by atoms with van der Waals surface area (Å²) in [6, 6.07) is 6.61. The molecular weight excluding hydrogens is 370 g/mol. The zero-order valence-corrected chi connectivity index (χ0v) is 15.9. The van der Waals surface area contributed by atoms with Crippen molar-refractivity contribution in [2.75, 3.05) is 39.9 Å². The normalized spacial score (nSPS) is 26.1. The van der Waals surface area contributed by atoms with Crippen LogP contribution >= 0.6 is 11.6 Å². The second-order valence-electron chi connectivity index (χ2n) is 6.95. The van der Waals surface area contributed by atoms with E-state index in [4.69, 9.17) is 21.3 Å². The first-order valence-electron chi connectivity index (χ1n) is 8.98. The molecule has 8 nitrogen and oxygen atoms in total. The van der Waals surface area contributed by atoms with Gasteiger partial charge in [0.25, 0.3) is 5.91 Å². The summed E-state index contributed by atoms with van der Waals surface area (Å²) in [5.41, 5.74) is 1.03. The number of carbonyl (C=O) groups excluding carboxylic acids is 2. The molecule has 0 aliphatic carbocycles. The van der Waals surface area contributed by atoms with E-state index in [2.05, 4.69) is 10.2 Å². The number of rotatable bonds is 4. The molecular formula is C18H22ClN5O3. The lowest BCUT2D eigenvalue weighted by atomic mass is 10.1. The van der Waals surface area contributed by atoms with Crippen LogP contribution in [0.4, 0.5) is 4.79 Å². The number of urea groups is 1. The molecule has 0 saturated carbocycles. The Balaban J connectivity index is 1.61. The molecule has 0 radical (unpaired) electrons. The molecule has 9 heteroatoms. The number of nitrogens with zero attached hydrogens (tertiary/aromatic N) is 4. The Hall–Kier alpha value is -2.16. The molecule has 2 unspecified atom stereocenters. The molecule has 4 rings (SSSR count). The van der Waals surface area contributed by atoms with Crippen molar-refractivity contribution in [2.45, 2.75) is 18.8 Å². The Bertz CT molecular complexity index is 763. The molecule has 3 amide bonds. The van der Waals surface area contributed by atoms with Gasteiger partial charge in [0.05, 0.1) is 19.8 Å². The van der Waals surface area contributed by atoms with E-state index < -0.39 is 18.2 Å². The molecule has 1 aromatic carbocycles. The Morgan fingerprint density at radius 3 is 2.59 bits per heavy atom. The SMILES string of the molecule is CN1C(=O)NC(=O)C2C1N=C(CN1CCOCC1)N2Cc1ccc(Cl)cc1. The van der Waals surface area contributed by atoms with Gasteiger partial charge in [-0.1, -0.05) is 23.7 Å². The first-order chi connectivity index (χ1) is 13.0. The molecule has 2 fully saturated rings. The van der Waals surface area contributed by atoms with Crippen LogP contribution in [-0.4, -0.2) is 84.6 Å². The van der Waals surface area contributed by atoms with Crippen molar-refractivity contribution >= 4 is 29.4 Å². The van der Waals surface area contributed by atoms with Crippen LogP contribution < -0.4 is 5.32 Å². The van der Waals surface area contributed by atoms with Gasteiger partial charge in [-0.05, 0) is 17.7 Å². The Morgan fingerprint density at radius 2 is 1.89 bits per heavy atom. The summed E-state index contributed by atoms with van der Waals surface area (Å²) in [4.78, 5) is 35.1. The van der Waals surface area contributed by atoms with Crippen molar-refractivity contribution in [1.29, 1.82) is 0 Å². The number of carbonyl (C=O) groups is 2. The molecule has 27 heavy (non-hydrogen) atoms. The first-order valence-corrected chi connectivity index (χ1v) is 9.36. The van der Waals surface area contributed by atoms with Crippen molar-refractivity contribution in [2.24, 2.45) is 4.99 Å². The zero-order chi connectivity index (χ0) is 19.0. The molecule has 3 aliphatic rings. The molecule has 0 spiro atoms. The van der Waals surface area contributed by atoms with Crippen LogP contribution in [0.15, 0.2) is 29.3 Å². The topological polar surface area (TPSA) is 77.5 Å². The highest BCUT2D eigenvalue weighted by Crippen LogP contribution is 2.26. The lowest BCUT2D eigenvalue weighted by Gasteiger charge is -2.37. The fourth-order valence-electron chi connectivity index (χ4n) is 3.65. The largest absolute Gasteiger partial charge is 0.379 e. The van der Waals surface area contributed by atoms with Crippen LogP contribution in [-0.2, 0) is 16.1 Å². The number of hydrogen-bond acceptors (Lipinski definition) is 6. The van der Waals surface area contributed by atoms with E-state index in [-0.39, 0.29) is 5.91 Å². The number of amidine groups is 1. The number of amides is 3. The molecule has 3 aliphatic heterocycles. The molecule has 2 saturated heterocycles. The molecule has 0 aromatic heterocycles. The van der Waals surface area contributed by atoms with Gasteiger partial charge >= 0.3 is 6.03 Å². The Kier molecular flexibility index (Phi) is 5.03. The minimum atomic E-state index is -0.528. The van der Waals surface area contributed by atoms with Crippen molar-refractivity contribution < 1.29 is 14.3 Å². The summed E-state index contributed by atoms with van der Waals surface area (Å²) in [6.45, 7) is 4.18. The van der Waals surface area contributed by atoms with E-state index in [0.29, 0.717) is 31.3 Å². The summed E-state index contributed by atoms with van der Waals surface area (Å²) >= 11 is 5.99. The Labute approximate surface area is 162 Å². The van der Waals surface area contributed by atoms with Gasteiger partial charge in [-0.3, -0.25) is 15.0 Å². The number of likely N-dealkylation sites (N-methyl/N-ethyl adjacent to an activating group) is 1. The minimum Gasteiger partial charge on any atom is -0.379 e. The third-order valence-electron chi connectivity index (χ3n) is 5.18. The molecule has 144 valence electrons. The van der Waals surface area contributed by atoms with Crippen LogP contribution in [0.1, 0.15) is 5.56 Å². The minimum absolute atomic E-state index is 0.308. The van der Waals surface area contributed by atoms with Crippen molar-refractivity contribution in [3.8, 4) is 0 Å². The fraction of sp³-hybridized carbons (Fsp3) is 0.500. The third kappa shape index (κ3) is 3.65. The molecule has 2 atom stereocenters. The number of morpholine rings is 1. The number of fused-ring (bicyclic) bond motifs is 1. The first kappa shape index (κ1) is 18.2. The smallest absolute Gasteiger partial charge is 0.325 e. The fourth-order valence-corrected chi connectivity index (χ4v) is 3.77. The predicted molar refractivity (Wildman–Crippen MR) is 101 cm³/mol. The van der Waals surface area contributed by atoms with E-state index in [0.717, 1.165) is 24.5 Å². The summed E-state index contributed by atoms with van der Waals surface area (Å²) < 4.78 is 5.42. The summed E-state index contributed by atoms with van der Waals surface area (Å²) in [7, 11) is 1.67. The van der Waals surface area contributed by atoms with Gasteiger partial charge in [0.2, 0.25) is 0 Å². The van der Waals surface area contributed by atoms with E-state index in [9.17, 15) is 9.59 Å². The quantitative estimate of drug-likeness (QED) is 0.820. The van der Waals surface area contributed by atoms with Gasteiger partial charge in [0, 0.05) is 31.7 Å². The number of hydrogen-bond donors (Lipinski definition) is 1. The summed E-state index contributed by atoms with van der Waals surface area (Å²) in [6.07, 6.45) is -0.505. The number of halogens is 1. The van der Waals surface area contributed by atoms with Gasteiger partial charge in [-0.25, -0.2) is 9.79 Å². The predicted octanol–water partition coefficient (Wildman–Crippen LogP) is 0.763. The number of ether oxygens (including phenoxy) is 1. The number of benzene rings is 1. The van der Waals surface area contributed by atoms with E-state index in [1.54, 1.807) is 7.05 Å². The lowest BCUT2D eigenvalue weighted by Crippen LogP contribution is -2.63. The van der Waals surface area contributed by atoms with E-state index in [1.165, 1.54) is 4.90 Å². The van der Waals surface area contributed by atoms with Crippen LogP contribution in [0.25, 0.3) is 0 Å². The van der Waals surface area contributed by atoms with E-state index in [1.807, 2.05) is 29.2 Å². The van der Waals surface area contributed by atoms with E-state index >= 15 is 0 Å². The van der Waals surface area contributed by atoms with Crippen molar-refractivity contribution in [3.05, 3.63) is 34.9 Å².